The Labute approximate surface area is 112 Å². The summed E-state index contributed by atoms with van der Waals surface area (Å²) in [5, 5.41) is 7.95. The maximum absolute atomic E-state index is 13.0. The highest BCUT2D eigenvalue weighted by molar-refractivity contribution is 5.35. The first-order chi connectivity index (χ1) is 9.28. The third kappa shape index (κ3) is 2.68. The summed E-state index contributed by atoms with van der Waals surface area (Å²) in [7, 11) is 0. The summed E-state index contributed by atoms with van der Waals surface area (Å²) < 4.78 is 14.9. The Morgan fingerprint density at radius 2 is 2.05 bits per heavy atom. The van der Waals surface area contributed by atoms with E-state index in [1.165, 1.54) is 36.2 Å². The second-order valence-electron chi connectivity index (χ2n) is 5.01. The Kier molecular flexibility index (Phi) is 3.34. The van der Waals surface area contributed by atoms with Gasteiger partial charge >= 0.3 is 0 Å². The maximum atomic E-state index is 13.0. The van der Waals surface area contributed by atoms with E-state index in [1.807, 2.05) is 10.9 Å². The number of nitrogens with one attached hydrogen (secondary N) is 1. The largest absolute Gasteiger partial charge is 0.310 e. The average Bonchev–Trinajstić information content (AvgIpc) is 3.16. The summed E-state index contributed by atoms with van der Waals surface area (Å²) in [6.45, 7) is 2.99. The van der Waals surface area contributed by atoms with Gasteiger partial charge in [0.05, 0.1) is 11.9 Å². The molecule has 1 saturated carbocycles. The van der Waals surface area contributed by atoms with Crippen LogP contribution in [-0.2, 0) is 13.0 Å². The first kappa shape index (κ1) is 12.4. The molecule has 1 aliphatic carbocycles. The van der Waals surface area contributed by atoms with Gasteiger partial charge in [0.15, 0.2) is 0 Å². The van der Waals surface area contributed by atoms with Gasteiger partial charge in [-0.2, -0.15) is 5.10 Å². The third-order valence-electron chi connectivity index (χ3n) is 3.52. The molecule has 4 heteroatoms. The number of hydrogen-bond donors (Lipinski definition) is 1. The zero-order valence-electron chi connectivity index (χ0n) is 11.1. The normalized spacial score (nSPS) is 14.8. The molecule has 2 aromatic rings. The highest BCUT2D eigenvalue weighted by Crippen LogP contribution is 2.21. The third-order valence-corrected chi connectivity index (χ3v) is 3.52. The minimum absolute atomic E-state index is 0.218. The lowest BCUT2D eigenvalue weighted by Crippen LogP contribution is -2.16. The number of nitrogens with zero attached hydrogens (tertiary/aromatic N) is 2. The molecule has 1 aliphatic rings. The molecule has 0 amide bonds. The smallest absolute Gasteiger partial charge is 0.123 e. The lowest BCUT2D eigenvalue weighted by atomic mass is 10.2. The van der Waals surface area contributed by atoms with Crippen molar-refractivity contribution >= 4 is 0 Å². The molecule has 3 nitrogen and oxygen atoms in total. The molecular formula is C15H18FN3. The minimum Gasteiger partial charge on any atom is -0.310 e. The highest BCUT2D eigenvalue weighted by atomic mass is 19.1. The minimum atomic E-state index is -0.218. The van der Waals surface area contributed by atoms with E-state index in [1.54, 1.807) is 12.1 Å². The van der Waals surface area contributed by atoms with Crippen molar-refractivity contribution in [3.63, 3.8) is 0 Å². The summed E-state index contributed by atoms with van der Waals surface area (Å²) in [4.78, 5) is 0. The number of rotatable bonds is 5. The number of aromatic nitrogens is 2. The molecule has 1 N–H and O–H groups in total. The molecule has 1 aromatic carbocycles. The van der Waals surface area contributed by atoms with Gasteiger partial charge < -0.3 is 5.32 Å². The van der Waals surface area contributed by atoms with Crippen LogP contribution in [0.4, 0.5) is 4.39 Å². The fourth-order valence-electron chi connectivity index (χ4n) is 2.28. The molecule has 1 aromatic heterocycles. The molecule has 19 heavy (non-hydrogen) atoms. The molecule has 0 radical (unpaired) electrons. The Morgan fingerprint density at radius 3 is 2.68 bits per heavy atom. The van der Waals surface area contributed by atoms with Crippen molar-refractivity contribution in [3.8, 4) is 5.69 Å². The Bertz CT molecular complexity index is 555. The van der Waals surface area contributed by atoms with Crippen LogP contribution in [0.15, 0.2) is 30.5 Å². The zero-order valence-corrected chi connectivity index (χ0v) is 11.1. The second-order valence-corrected chi connectivity index (χ2v) is 5.01. The number of benzene rings is 1. The Morgan fingerprint density at radius 1 is 1.32 bits per heavy atom. The van der Waals surface area contributed by atoms with Crippen LogP contribution in [0.3, 0.4) is 0 Å². The summed E-state index contributed by atoms with van der Waals surface area (Å²) in [5.74, 6) is -0.218. The van der Waals surface area contributed by atoms with Crippen molar-refractivity contribution in [1.29, 1.82) is 0 Å². The molecule has 3 rings (SSSR count). The SMILES string of the molecule is CCc1c(CNC2CC2)cnn1-c1ccc(F)cc1. The Hall–Kier alpha value is -1.68. The molecule has 100 valence electrons. The molecule has 0 spiro atoms. The van der Waals surface area contributed by atoms with Gasteiger partial charge in [-0.3, -0.25) is 0 Å². The van der Waals surface area contributed by atoms with Crippen LogP contribution in [0.2, 0.25) is 0 Å². The first-order valence-electron chi connectivity index (χ1n) is 6.83. The van der Waals surface area contributed by atoms with Crippen molar-refractivity contribution in [2.75, 3.05) is 0 Å². The molecule has 0 aliphatic heterocycles. The topological polar surface area (TPSA) is 29.9 Å². The van der Waals surface area contributed by atoms with Crippen molar-refractivity contribution in [2.45, 2.75) is 38.8 Å². The van der Waals surface area contributed by atoms with E-state index >= 15 is 0 Å². The van der Waals surface area contributed by atoms with Gasteiger partial charge in [-0.25, -0.2) is 9.07 Å². The van der Waals surface area contributed by atoms with E-state index in [0.717, 1.165) is 18.7 Å². The predicted molar refractivity (Wildman–Crippen MR) is 72.8 cm³/mol. The van der Waals surface area contributed by atoms with E-state index < -0.39 is 0 Å². The number of hydrogen-bond acceptors (Lipinski definition) is 2. The fraction of sp³-hybridized carbons (Fsp3) is 0.400. The van der Waals surface area contributed by atoms with Gasteiger partial charge in [-0.1, -0.05) is 6.92 Å². The highest BCUT2D eigenvalue weighted by Gasteiger charge is 2.21. The fourth-order valence-corrected chi connectivity index (χ4v) is 2.28. The van der Waals surface area contributed by atoms with Crippen LogP contribution in [0.1, 0.15) is 31.0 Å². The molecule has 0 unspecified atom stereocenters. The lowest BCUT2D eigenvalue weighted by molar-refractivity contribution is 0.626. The van der Waals surface area contributed by atoms with E-state index in [2.05, 4.69) is 17.3 Å². The average molecular weight is 259 g/mol. The predicted octanol–water partition coefficient (Wildman–Crippen LogP) is 2.83. The molecule has 0 saturated heterocycles. The van der Waals surface area contributed by atoms with E-state index in [4.69, 9.17) is 0 Å². The quantitative estimate of drug-likeness (QED) is 0.894. The summed E-state index contributed by atoms with van der Waals surface area (Å²) >= 11 is 0. The standard InChI is InChI=1S/C15H18FN3/c1-2-15-11(9-17-13-5-6-13)10-18-19(15)14-7-3-12(16)4-8-14/h3-4,7-8,10,13,17H,2,5-6,9H2,1H3. The van der Waals surface area contributed by atoms with Crippen molar-refractivity contribution in [1.82, 2.24) is 15.1 Å². The number of halogens is 1. The monoisotopic (exact) mass is 259 g/mol. The van der Waals surface area contributed by atoms with Crippen LogP contribution >= 0.6 is 0 Å². The summed E-state index contributed by atoms with van der Waals surface area (Å²) in [5.41, 5.74) is 3.34. The van der Waals surface area contributed by atoms with E-state index in [9.17, 15) is 4.39 Å². The van der Waals surface area contributed by atoms with Crippen molar-refractivity contribution in [3.05, 3.63) is 47.5 Å². The summed E-state index contributed by atoms with van der Waals surface area (Å²) in [6.07, 6.45) is 5.40. The van der Waals surface area contributed by atoms with Gasteiger partial charge in [0.1, 0.15) is 5.82 Å². The van der Waals surface area contributed by atoms with Gasteiger partial charge in [0.2, 0.25) is 0 Å². The first-order valence-corrected chi connectivity index (χ1v) is 6.83. The second kappa shape index (κ2) is 5.13. The van der Waals surface area contributed by atoms with Crippen LogP contribution in [0.5, 0.6) is 0 Å². The molecule has 0 bridgehead atoms. The van der Waals surface area contributed by atoms with Crippen LogP contribution in [0, 0.1) is 5.82 Å². The maximum Gasteiger partial charge on any atom is 0.123 e. The van der Waals surface area contributed by atoms with Crippen LogP contribution < -0.4 is 5.32 Å². The van der Waals surface area contributed by atoms with Crippen molar-refractivity contribution in [2.24, 2.45) is 0 Å². The van der Waals surface area contributed by atoms with E-state index in [-0.39, 0.29) is 5.82 Å². The van der Waals surface area contributed by atoms with Crippen LogP contribution in [0.25, 0.3) is 5.69 Å². The zero-order chi connectivity index (χ0) is 13.2. The lowest BCUT2D eigenvalue weighted by Gasteiger charge is -2.08. The van der Waals surface area contributed by atoms with Gasteiger partial charge in [0.25, 0.3) is 0 Å². The van der Waals surface area contributed by atoms with Crippen LogP contribution in [-0.4, -0.2) is 15.8 Å². The van der Waals surface area contributed by atoms with Gasteiger partial charge in [0, 0.05) is 23.8 Å². The molecular weight excluding hydrogens is 241 g/mol. The Balaban J connectivity index is 1.85. The molecule has 1 fully saturated rings. The van der Waals surface area contributed by atoms with E-state index in [0.29, 0.717) is 6.04 Å². The summed E-state index contributed by atoms with van der Waals surface area (Å²) in [6, 6.07) is 7.16. The molecule has 1 heterocycles. The van der Waals surface area contributed by atoms with Gasteiger partial charge in [-0.05, 0) is 43.5 Å². The van der Waals surface area contributed by atoms with Gasteiger partial charge in [-0.15, -0.1) is 0 Å². The van der Waals surface area contributed by atoms with Crippen molar-refractivity contribution < 1.29 is 4.39 Å². The molecule has 0 atom stereocenters.